The fourth-order valence-electron chi connectivity index (χ4n) is 3.99. The van der Waals surface area contributed by atoms with E-state index >= 15 is 0 Å². The molecule has 4 aromatic heterocycles. The highest BCUT2D eigenvalue weighted by Crippen LogP contribution is 2.29. The number of pyridine rings is 1. The lowest BCUT2D eigenvalue weighted by Gasteiger charge is -2.09. The summed E-state index contributed by atoms with van der Waals surface area (Å²) in [5.74, 6) is 2.57. The van der Waals surface area contributed by atoms with Gasteiger partial charge in [-0.2, -0.15) is 5.10 Å². The van der Waals surface area contributed by atoms with Gasteiger partial charge in [-0.3, -0.25) is 0 Å². The molecule has 0 saturated carbocycles. The fourth-order valence-corrected chi connectivity index (χ4v) is 4.80. The van der Waals surface area contributed by atoms with Gasteiger partial charge in [-0.15, -0.1) is 0 Å². The number of nitrogens with one attached hydrogen (secondary N) is 1. The second-order valence-corrected chi connectivity index (χ2v) is 9.25. The number of rotatable bonds is 7. The lowest BCUT2D eigenvalue weighted by Crippen LogP contribution is -2.05. The number of hydrogen-bond donors (Lipinski definition) is 1. The SMILES string of the molecule is CCc1nc2c(C)cc(C)nc2n1Cc1cnn(-c2ccccc2SNc2noc(C)c2C)c1. The van der Waals surface area contributed by atoms with Crippen molar-refractivity contribution < 1.29 is 4.52 Å². The minimum Gasteiger partial charge on any atom is -0.359 e. The molecule has 0 amide bonds. The average molecular weight is 474 g/mol. The summed E-state index contributed by atoms with van der Waals surface area (Å²) in [5.41, 5.74) is 7.14. The molecular weight excluding hydrogens is 446 g/mol. The van der Waals surface area contributed by atoms with Crippen molar-refractivity contribution in [3.63, 3.8) is 0 Å². The van der Waals surface area contributed by atoms with Gasteiger partial charge in [0.25, 0.3) is 0 Å². The number of hydrogen-bond acceptors (Lipinski definition) is 7. The summed E-state index contributed by atoms with van der Waals surface area (Å²) in [4.78, 5) is 10.7. The molecular formula is C25H27N7OS. The van der Waals surface area contributed by atoms with E-state index in [4.69, 9.17) is 14.5 Å². The van der Waals surface area contributed by atoms with Crippen LogP contribution in [-0.2, 0) is 13.0 Å². The molecule has 1 N–H and O–H groups in total. The molecule has 0 atom stereocenters. The number of para-hydroxylation sites is 1. The topological polar surface area (TPSA) is 86.6 Å². The van der Waals surface area contributed by atoms with Gasteiger partial charge < -0.3 is 13.8 Å². The number of aryl methyl sites for hydroxylation is 4. The van der Waals surface area contributed by atoms with Crippen LogP contribution in [0.15, 0.2) is 52.1 Å². The predicted octanol–water partition coefficient (Wildman–Crippen LogP) is 5.57. The van der Waals surface area contributed by atoms with Crippen molar-refractivity contribution in [3.05, 3.63) is 76.7 Å². The Balaban J connectivity index is 1.43. The van der Waals surface area contributed by atoms with E-state index in [1.54, 1.807) is 0 Å². The van der Waals surface area contributed by atoms with E-state index in [0.717, 1.165) is 68.0 Å². The van der Waals surface area contributed by atoms with Gasteiger partial charge in [-0.05, 0) is 63.4 Å². The van der Waals surface area contributed by atoms with Gasteiger partial charge in [0.05, 0.1) is 23.3 Å². The quantitative estimate of drug-likeness (QED) is 0.309. The molecule has 34 heavy (non-hydrogen) atoms. The molecule has 1 aromatic carbocycles. The van der Waals surface area contributed by atoms with E-state index in [1.165, 1.54) is 11.9 Å². The Hall–Kier alpha value is -3.59. The van der Waals surface area contributed by atoms with Gasteiger partial charge in [-0.25, -0.2) is 14.6 Å². The standard InChI is InChI=1S/C25H27N7OS/c1-6-22-28-23-15(2)11-16(3)27-25(23)31(22)13-19-12-26-32(14-19)20-9-7-8-10-21(20)34-30-24-17(4)18(5)33-29-24/h7-12,14H,6,13H2,1-5H3,(H,29,30). The predicted molar refractivity (Wildman–Crippen MR) is 135 cm³/mol. The van der Waals surface area contributed by atoms with Crippen LogP contribution in [0.25, 0.3) is 16.9 Å². The Morgan fingerprint density at radius 2 is 1.91 bits per heavy atom. The first kappa shape index (κ1) is 22.2. The highest BCUT2D eigenvalue weighted by atomic mass is 32.2. The number of fused-ring (bicyclic) bond motifs is 1. The lowest BCUT2D eigenvalue weighted by molar-refractivity contribution is 0.399. The van der Waals surface area contributed by atoms with Crippen LogP contribution >= 0.6 is 11.9 Å². The van der Waals surface area contributed by atoms with Gasteiger partial charge in [0, 0.05) is 29.4 Å². The first-order valence-corrected chi connectivity index (χ1v) is 12.1. The molecule has 5 aromatic rings. The van der Waals surface area contributed by atoms with E-state index in [9.17, 15) is 0 Å². The van der Waals surface area contributed by atoms with Crippen LogP contribution in [0.3, 0.4) is 0 Å². The van der Waals surface area contributed by atoms with E-state index < -0.39 is 0 Å². The molecule has 4 heterocycles. The Morgan fingerprint density at radius 1 is 1.09 bits per heavy atom. The minimum atomic E-state index is 0.667. The third kappa shape index (κ3) is 4.07. The summed E-state index contributed by atoms with van der Waals surface area (Å²) in [6.07, 6.45) is 4.82. The van der Waals surface area contributed by atoms with E-state index in [0.29, 0.717) is 6.54 Å². The zero-order valence-electron chi connectivity index (χ0n) is 20.0. The maximum atomic E-state index is 5.26. The molecule has 174 valence electrons. The maximum absolute atomic E-state index is 5.26. The largest absolute Gasteiger partial charge is 0.359 e. The van der Waals surface area contributed by atoms with Crippen LogP contribution in [0, 0.1) is 27.7 Å². The molecule has 0 unspecified atom stereocenters. The van der Waals surface area contributed by atoms with Gasteiger partial charge in [0.2, 0.25) is 0 Å². The van der Waals surface area contributed by atoms with Crippen molar-refractivity contribution in [1.29, 1.82) is 0 Å². The third-order valence-electron chi connectivity index (χ3n) is 5.92. The number of aromatic nitrogens is 6. The van der Waals surface area contributed by atoms with E-state index in [-0.39, 0.29) is 0 Å². The first-order valence-electron chi connectivity index (χ1n) is 11.3. The molecule has 0 aliphatic heterocycles. The average Bonchev–Trinajstić information content (AvgIpc) is 3.52. The summed E-state index contributed by atoms with van der Waals surface area (Å²) in [6, 6.07) is 10.2. The normalized spacial score (nSPS) is 11.4. The van der Waals surface area contributed by atoms with Gasteiger partial charge in [0.1, 0.15) is 17.1 Å². The summed E-state index contributed by atoms with van der Waals surface area (Å²) in [6.45, 7) is 10.8. The van der Waals surface area contributed by atoms with Crippen molar-refractivity contribution in [2.75, 3.05) is 4.72 Å². The summed E-state index contributed by atoms with van der Waals surface area (Å²) >= 11 is 1.49. The molecule has 0 aliphatic rings. The van der Waals surface area contributed by atoms with E-state index in [1.807, 2.05) is 43.8 Å². The molecule has 0 aliphatic carbocycles. The first-order chi connectivity index (χ1) is 16.4. The molecule has 5 rings (SSSR count). The van der Waals surface area contributed by atoms with Crippen LogP contribution in [0.4, 0.5) is 5.82 Å². The summed E-state index contributed by atoms with van der Waals surface area (Å²) in [7, 11) is 0. The molecule has 8 nitrogen and oxygen atoms in total. The van der Waals surface area contributed by atoms with Crippen molar-refractivity contribution >= 4 is 28.9 Å². The molecule has 0 saturated heterocycles. The number of benzene rings is 1. The zero-order chi connectivity index (χ0) is 23.8. The van der Waals surface area contributed by atoms with Crippen molar-refractivity contribution in [1.82, 2.24) is 29.5 Å². The zero-order valence-corrected chi connectivity index (χ0v) is 20.8. The van der Waals surface area contributed by atoms with Gasteiger partial charge >= 0.3 is 0 Å². The Labute approximate surface area is 202 Å². The van der Waals surface area contributed by atoms with Crippen molar-refractivity contribution in [2.24, 2.45) is 0 Å². The van der Waals surface area contributed by atoms with Crippen LogP contribution in [-0.4, -0.2) is 29.5 Å². The Bertz CT molecular complexity index is 1480. The highest BCUT2D eigenvalue weighted by molar-refractivity contribution is 8.00. The van der Waals surface area contributed by atoms with Crippen LogP contribution < -0.4 is 4.72 Å². The molecule has 0 fully saturated rings. The monoisotopic (exact) mass is 473 g/mol. The number of anilines is 1. The second-order valence-electron chi connectivity index (χ2n) is 8.40. The molecule has 0 radical (unpaired) electrons. The van der Waals surface area contributed by atoms with Gasteiger partial charge in [0.15, 0.2) is 11.5 Å². The lowest BCUT2D eigenvalue weighted by atomic mass is 10.2. The van der Waals surface area contributed by atoms with Crippen LogP contribution in [0.5, 0.6) is 0 Å². The van der Waals surface area contributed by atoms with Crippen LogP contribution in [0.2, 0.25) is 0 Å². The van der Waals surface area contributed by atoms with Crippen molar-refractivity contribution in [2.45, 2.75) is 52.5 Å². The molecule has 9 heteroatoms. The second kappa shape index (κ2) is 8.98. The molecule has 0 bridgehead atoms. The summed E-state index contributed by atoms with van der Waals surface area (Å²) < 4.78 is 12.7. The van der Waals surface area contributed by atoms with Crippen LogP contribution in [0.1, 0.15) is 40.9 Å². The highest BCUT2D eigenvalue weighted by Gasteiger charge is 2.16. The maximum Gasteiger partial charge on any atom is 0.182 e. The van der Waals surface area contributed by atoms with Crippen molar-refractivity contribution in [3.8, 4) is 5.69 Å². The van der Waals surface area contributed by atoms with Gasteiger partial charge in [-0.1, -0.05) is 24.2 Å². The van der Waals surface area contributed by atoms with E-state index in [2.05, 4.69) is 57.8 Å². The number of nitrogens with zero attached hydrogens (tertiary/aromatic N) is 6. The number of imidazole rings is 1. The third-order valence-corrected chi connectivity index (χ3v) is 6.78. The smallest absolute Gasteiger partial charge is 0.182 e. The Kier molecular flexibility index (Phi) is 5.87. The molecule has 0 spiro atoms. The fraction of sp³-hybridized carbons (Fsp3) is 0.280. The minimum absolute atomic E-state index is 0.667. The Morgan fingerprint density at radius 3 is 2.68 bits per heavy atom. The summed E-state index contributed by atoms with van der Waals surface area (Å²) in [5, 5.41) is 8.75.